The van der Waals surface area contributed by atoms with Crippen LogP contribution in [-0.4, -0.2) is 47.6 Å². The molecule has 5 rings (SSSR count). The van der Waals surface area contributed by atoms with Crippen LogP contribution in [0.15, 0.2) is 24.3 Å². The molecule has 0 aromatic heterocycles. The Kier molecular flexibility index (Phi) is 4.65. The Labute approximate surface area is 189 Å². The van der Waals surface area contributed by atoms with Crippen molar-refractivity contribution in [3.05, 3.63) is 35.4 Å². The molecule has 6 atom stereocenters. The van der Waals surface area contributed by atoms with Gasteiger partial charge in [-0.1, -0.05) is 39.8 Å². The first-order valence-corrected chi connectivity index (χ1v) is 11.7. The first kappa shape index (κ1) is 21.9. The monoisotopic (exact) mass is 442 g/mol. The largest absolute Gasteiger partial charge is 0.456 e. The van der Waals surface area contributed by atoms with Gasteiger partial charge in [0.05, 0.1) is 22.3 Å². The molecular weight excluding hydrogens is 408 g/mol. The second-order valence-electron chi connectivity index (χ2n) is 12.2. The van der Waals surface area contributed by atoms with Crippen LogP contribution in [0.3, 0.4) is 0 Å². The predicted octanol–water partition coefficient (Wildman–Crippen LogP) is 4.69. The van der Waals surface area contributed by atoms with Crippen LogP contribution in [0.1, 0.15) is 87.9 Å². The highest BCUT2D eigenvalue weighted by molar-refractivity contribution is 6.03. The first-order valence-electron chi connectivity index (χ1n) is 11.7. The lowest BCUT2D eigenvalue weighted by Gasteiger charge is -2.35. The molecule has 32 heavy (non-hydrogen) atoms. The van der Waals surface area contributed by atoms with Crippen LogP contribution < -0.4 is 0 Å². The predicted molar refractivity (Wildman–Crippen MR) is 117 cm³/mol. The fourth-order valence-electron chi connectivity index (χ4n) is 6.53. The molecule has 2 saturated carbocycles. The second-order valence-corrected chi connectivity index (χ2v) is 12.2. The SMILES string of the molecule is CC1(C)CC(OC(=O)c2ccccc2C(=O)OC2CC(C)(C)CC3(C)OC23)C2OC2(C)C1. The Balaban J connectivity index is 1.31. The molecule has 6 unspecified atom stereocenters. The molecule has 174 valence electrons. The molecule has 0 radical (unpaired) electrons. The van der Waals surface area contributed by atoms with Gasteiger partial charge < -0.3 is 18.9 Å². The van der Waals surface area contributed by atoms with Crippen molar-refractivity contribution in [2.75, 3.05) is 0 Å². The van der Waals surface area contributed by atoms with Gasteiger partial charge in [-0.05, 0) is 62.5 Å². The van der Waals surface area contributed by atoms with Gasteiger partial charge in [0, 0.05) is 0 Å². The third kappa shape index (κ3) is 3.86. The minimum absolute atomic E-state index is 0.0237. The Bertz CT molecular complexity index is 884. The van der Waals surface area contributed by atoms with E-state index in [0.29, 0.717) is 0 Å². The Morgan fingerprint density at radius 1 is 0.750 bits per heavy atom. The van der Waals surface area contributed by atoms with E-state index >= 15 is 0 Å². The number of ether oxygens (including phenoxy) is 4. The zero-order chi connectivity index (χ0) is 23.1. The summed E-state index contributed by atoms with van der Waals surface area (Å²) in [5.41, 5.74) is 0.0627. The summed E-state index contributed by atoms with van der Waals surface area (Å²) in [6.07, 6.45) is 2.57. The lowest BCUT2D eigenvalue weighted by Crippen LogP contribution is -2.41. The van der Waals surface area contributed by atoms with Gasteiger partial charge >= 0.3 is 11.9 Å². The topological polar surface area (TPSA) is 77.7 Å². The van der Waals surface area contributed by atoms with Crippen LogP contribution in [0.25, 0.3) is 0 Å². The molecule has 0 spiro atoms. The number of carbonyl (C=O) groups is 2. The molecule has 2 heterocycles. The van der Waals surface area contributed by atoms with E-state index in [2.05, 4.69) is 41.5 Å². The van der Waals surface area contributed by atoms with Gasteiger partial charge in [0.25, 0.3) is 0 Å². The van der Waals surface area contributed by atoms with Crippen molar-refractivity contribution in [2.24, 2.45) is 10.8 Å². The molecule has 2 aliphatic carbocycles. The molecule has 0 N–H and O–H groups in total. The summed E-state index contributed by atoms with van der Waals surface area (Å²) < 4.78 is 23.6. The molecule has 6 nitrogen and oxygen atoms in total. The Morgan fingerprint density at radius 2 is 1.12 bits per heavy atom. The molecule has 6 heteroatoms. The van der Waals surface area contributed by atoms with Crippen LogP contribution >= 0.6 is 0 Å². The lowest BCUT2D eigenvalue weighted by molar-refractivity contribution is 0.000583. The number of fused-ring (bicyclic) bond motifs is 2. The van der Waals surface area contributed by atoms with E-state index in [1.165, 1.54) is 0 Å². The summed E-state index contributed by atoms with van der Waals surface area (Å²) in [6.45, 7) is 12.8. The average Bonchev–Trinajstić information content (AvgIpc) is 3.53. The van der Waals surface area contributed by atoms with E-state index in [9.17, 15) is 9.59 Å². The molecule has 0 bridgehead atoms. The molecule has 2 saturated heterocycles. The van der Waals surface area contributed by atoms with Crippen molar-refractivity contribution in [3.8, 4) is 0 Å². The smallest absolute Gasteiger partial charge is 0.339 e. The van der Waals surface area contributed by atoms with Crippen molar-refractivity contribution >= 4 is 11.9 Å². The number of esters is 2. The van der Waals surface area contributed by atoms with Gasteiger partial charge in [-0.25, -0.2) is 9.59 Å². The lowest BCUT2D eigenvalue weighted by atomic mass is 9.71. The fourth-order valence-corrected chi connectivity index (χ4v) is 6.53. The van der Waals surface area contributed by atoms with Gasteiger partial charge in [0.15, 0.2) is 0 Å². The maximum absolute atomic E-state index is 13.1. The summed E-state index contributed by atoms with van der Waals surface area (Å²) >= 11 is 0. The van der Waals surface area contributed by atoms with Crippen LogP contribution in [0, 0.1) is 10.8 Å². The summed E-state index contributed by atoms with van der Waals surface area (Å²) in [6, 6.07) is 6.73. The fraction of sp³-hybridized carbons (Fsp3) is 0.692. The van der Waals surface area contributed by atoms with E-state index < -0.39 is 11.9 Å². The van der Waals surface area contributed by atoms with Gasteiger partial charge in [0.1, 0.15) is 24.4 Å². The molecule has 1 aromatic rings. The van der Waals surface area contributed by atoms with Crippen LogP contribution in [-0.2, 0) is 18.9 Å². The highest BCUT2D eigenvalue weighted by Crippen LogP contribution is 2.56. The maximum Gasteiger partial charge on any atom is 0.339 e. The number of benzene rings is 1. The van der Waals surface area contributed by atoms with Crippen LogP contribution in [0.5, 0.6) is 0 Å². The van der Waals surface area contributed by atoms with E-state index in [1.807, 2.05) is 0 Å². The maximum atomic E-state index is 13.1. The summed E-state index contributed by atoms with van der Waals surface area (Å²) in [5, 5.41) is 0. The van der Waals surface area contributed by atoms with Crippen LogP contribution in [0.4, 0.5) is 0 Å². The quantitative estimate of drug-likeness (QED) is 0.497. The number of rotatable bonds is 4. The van der Waals surface area contributed by atoms with Crippen molar-refractivity contribution in [1.29, 1.82) is 0 Å². The summed E-state index contributed by atoms with van der Waals surface area (Å²) in [4.78, 5) is 26.3. The second kappa shape index (κ2) is 6.80. The molecule has 0 amide bonds. The summed E-state index contributed by atoms with van der Waals surface area (Å²) in [5.74, 6) is -1.01. The van der Waals surface area contributed by atoms with Gasteiger partial charge in [-0.2, -0.15) is 0 Å². The Morgan fingerprint density at radius 3 is 1.50 bits per heavy atom. The van der Waals surface area contributed by atoms with Gasteiger partial charge in [0.2, 0.25) is 0 Å². The van der Waals surface area contributed by atoms with E-state index in [4.69, 9.17) is 18.9 Å². The van der Waals surface area contributed by atoms with E-state index in [0.717, 1.165) is 25.7 Å². The van der Waals surface area contributed by atoms with Gasteiger partial charge in [-0.15, -0.1) is 0 Å². The van der Waals surface area contributed by atoms with Crippen molar-refractivity contribution in [3.63, 3.8) is 0 Å². The normalized spacial score (nSPS) is 40.4. The van der Waals surface area contributed by atoms with Crippen molar-refractivity contribution in [2.45, 2.75) is 103 Å². The standard InChI is InChI=1S/C26H34O6/c1-23(2)11-17(19-25(5,13-23)31-19)29-21(27)15-9-7-8-10-16(15)22(28)30-18-12-24(3,4)14-26(6)20(18)32-26/h7-10,17-20H,11-14H2,1-6H3. The Hall–Kier alpha value is -1.92. The molecular formula is C26H34O6. The summed E-state index contributed by atoms with van der Waals surface area (Å²) in [7, 11) is 0. The molecule has 4 aliphatic rings. The third-order valence-corrected chi connectivity index (χ3v) is 7.61. The van der Waals surface area contributed by atoms with Crippen molar-refractivity contribution < 1.29 is 28.5 Å². The molecule has 2 aliphatic heterocycles. The first-order chi connectivity index (χ1) is 14.8. The van der Waals surface area contributed by atoms with Crippen molar-refractivity contribution in [1.82, 2.24) is 0 Å². The molecule has 1 aromatic carbocycles. The number of carbonyl (C=O) groups excluding carboxylic acids is 2. The minimum Gasteiger partial charge on any atom is -0.456 e. The number of hydrogen-bond donors (Lipinski definition) is 0. The highest BCUT2D eigenvalue weighted by Gasteiger charge is 2.64. The zero-order valence-electron chi connectivity index (χ0n) is 19.9. The minimum atomic E-state index is -0.505. The number of epoxide rings is 2. The molecule has 4 fully saturated rings. The third-order valence-electron chi connectivity index (χ3n) is 7.61. The number of hydrogen-bond acceptors (Lipinski definition) is 6. The van der Waals surface area contributed by atoms with Gasteiger partial charge in [-0.3, -0.25) is 0 Å². The van der Waals surface area contributed by atoms with E-state index in [1.54, 1.807) is 24.3 Å². The van der Waals surface area contributed by atoms with E-state index in [-0.39, 0.29) is 57.6 Å². The highest BCUT2D eigenvalue weighted by atomic mass is 16.7. The zero-order valence-corrected chi connectivity index (χ0v) is 19.9. The average molecular weight is 443 g/mol. The van der Waals surface area contributed by atoms with Crippen LogP contribution in [0.2, 0.25) is 0 Å².